The molecule has 4 heterocycles. The zero-order valence-corrected chi connectivity index (χ0v) is 25.0. The summed E-state index contributed by atoms with van der Waals surface area (Å²) in [5.41, 5.74) is 14.7. The van der Waals surface area contributed by atoms with Gasteiger partial charge in [0.05, 0.1) is 36.0 Å². The van der Waals surface area contributed by atoms with Gasteiger partial charge < -0.3 is 30.4 Å². The Bertz CT molecular complexity index is 1910. The van der Waals surface area contributed by atoms with E-state index in [1.807, 2.05) is 4.90 Å². The Morgan fingerprint density at radius 3 is 2.62 bits per heavy atom. The minimum Gasteiger partial charge on any atom is -0.454 e. The van der Waals surface area contributed by atoms with Crippen molar-refractivity contribution in [1.29, 1.82) is 0 Å². The number of alkyl halides is 2. The van der Waals surface area contributed by atoms with Gasteiger partial charge in [0, 0.05) is 30.6 Å². The molecule has 2 aromatic carbocycles. The van der Waals surface area contributed by atoms with Gasteiger partial charge in [-0.25, -0.2) is 37.3 Å². The number of hydrogen-bond acceptors (Lipinski definition) is 10. The molecule has 0 aliphatic carbocycles. The topological polar surface area (TPSA) is 147 Å². The van der Waals surface area contributed by atoms with Crippen LogP contribution in [0.1, 0.15) is 35.2 Å². The van der Waals surface area contributed by atoms with Crippen LogP contribution in [0.3, 0.4) is 0 Å². The van der Waals surface area contributed by atoms with Crippen molar-refractivity contribution < 1.29 is 31.8 Å². The number of esters is 1. The van der Waals surface area contributed by atoms with Crippen LogP contribution in [0, 0.1) is 11.6 Å². The molecule has 6 rings (SSSR count). The smallest absolute Gasteiger partial charge is 0.341 e. The number of imidazole rings is 1. The largest absolute Gasteiger partial charge is 0.454 e. The maximum Gasteiger partial charge on any atom is 0.341 e. The second-order valence-corrected chi connectivity index (χ2v) is 11.3. The van der Waals surface area contributed by atoms with E-state index in [4.69, 9.17) is 20.9 Å². The van der Waals surface area contributed by atoms with E-state index in [-0.39, 0.29) is 30.2 Å². The normalized spacial score (nSPS) is 16.5. The van der Waals surface area contributed by atoms with Gasteiger partial charge in [0.25, 0.3) is 0 Å². The van der Waals surface area contributed by atoms with Crippen LogP contribution in [-0.2, 0) is 11.3 Å². The van der Waals surface area contributed by atoms with E-state index >= 15 is 4.39 Å². The van der Waals surface area contributed by atoms with Gasteiger partial charge in [-0.3, -0.25) is 4.98 Å². The second-order valence-electron chi connectivity index (χ2n) is 11.3. The lowest BCUT2D eigenvalue weighted by molar-refractivity contribution is 0.0143. The molecule has 1 atom stereocenters. The molecule has 3 aromatic heterocycles. The van der Waals surface area contributed by atoms with E-state index in [9.17, 15) is 18.0 Å². The Kier molecular flexibility index (Phi) is 8.89. The summed E-state index contributed by atoms with van der Waals surface area (Å²) in [5.74, 6) is -1.92. The summed E-state index contributed by atoms with van der Waals surface area (Å²) >= 11 is 0. The van der Waals surface area contributed by atoms with Crippen molar-refractivity contribution in [3.63, 3.8) is 0 Å². The Hall–Kier alpha value is -5.31. The van der Waals surface area contributed by atoms with E-state index in [1.165, 1.54) is 30.6 Å². The summed E-state index contributed by atoms with van der Waals surface area (Å²) in [7, 11) is 0. The molecule has 0 radical (unpaired) electrons. The third-order valence-corrected chi connectivity index (χ3v) is 7.96. The van der Waals surface area contributed by atoms with Gasteiger partial charge in [0.15, 0.2) is 23.0 Å². The summed E-state index contributed by atoms with van der Waals surface area (Å²) in [5, 5.41) is 0. The van der Waals surface area contributed by atoms with E-state index in [0.29, 0.717) is 47.5 Å². The molecule has 1 saturated heterocycles. The minimum atomic E-state index is -2.54. The number of carbonyl (C=O) groups excluding carboxylic acids is 1. The van der Waals surface area contributed by atoms with E-state index in [0.717, 1.165) is 17.7 Å². The molecule has 15 heteroatoms. The lowest BCUT2D eigenvalue weighted by atomic mass is 9.86. The van der Waals surface area contributed by atoms with Gasteiger partial charge in [0.1, 0.15) is 17.7 Å². The number of rotatable bonds is 10. The highest BCUT2D eigenvalue weighted by Crippen LogP contribution is 2.34. The summed E-state index contributed by atoms with van der Waals surface area (Å²) < 4.78 is 67.1. The molecule has 0 unspecified atom stereocenters. The van der Waals surface area contributed by atoms with Crippen LogP contribution in [0.4, 0.5) is 29.1 Å². The van der Waals surface area contributed by atoms with Crippen LogP contribution in [0.5, 0.6) is 5.75 Å². The molecule has 0 spiro atoms. The van der Waals surface area contributed by atoms with Crippen LogP contribution in [-0.4, -0.2) is 62.3 Å². The van der Waals surface area contributed by atoms with Gasteiger partial charge in [-0.05, 0) is 66.9 Å². The average molecular weight is 651 g/mol. The number of halogens is 4. The van der Waals surface area contributed by atoms with E-state index in [1.54, 1.807) is 29.2 Å². The Labute approximate surface area is 266 Å². The first kappa shape index (κ1) is 31.7. The summed E-state index contributed by atoms with van der Waals surface area (Å²) in [6, 6.07) is 10.8. The summed E-state index contributed by atoms with van der Waals surface area (Å²) in [6.45, 7) is 0.477. The number of carbonyl (C=O) groups is 1. The zero-order valence-electron chi connectivity index (χ0n) is 25.0. The number of aromatic nitrogens is 5. The number of benzene rings is 2. The van der Waals surface area contributed by atoms with Crippen molar-refractivity contribution in [2.45, 2.75) is 37.8 Å². The number of ether oxygens (including phenoxy) is 2. The Morgan fingerprint density at radius 1 is 1.04 bits per heavy atom. The highest BCUT2D eigenvalue weighted by atomic mass is 19.3. The fraction of sp³-hybridized carbons (Fsp3) is 0.281. The van der Waals surface area contributed by atoms with Crippen LogP contribution in [0.15, 0.2) is 67.4 Å². The molecule has 5 aromatic rings. The Balaban J connectivity index is 1.26. The third-order valence-electron chi connectivity index (χ3n) is 7.96. The fourth-order valence-corrected chi connectivity index (χ4v) is 5.69. The predicted molar refractivity (Wildman–Crippen MR) is 165 cm³/mol. The number of anilines is 2. The van der Waals surface area contributed by atoms with Crippen molar-refractivity contribution in [2.75, 3.05) is 30.5 Å². The molecule has 0 saturated carbocycles. The van der Waals surface area contributed by atoms with Crippen LogP contribution < -0.4 is 21.1 Å². The monoisotopic (exact) mass is 650 g/mol. The number of nitrogens with zero attached hydrogens (tertiary/aromatic N) is 6. The first-order chi connectivity index (χ1) is 22.6. The molecule has 0 amide bonds. The van der Waals surface area contributed by atoms with Gasteiger partial charge in [0.2, 0.25) is 13.2 Å². The highest BCUT2D eigenvalue weighted by molar-refractivity contribution is 5.89. The highest BCUT2D eigenvalue weighted by Gasteiger charge is 2.35. The predicted octanol–water partition coefficient (Wildman–Crippen LogP) is 4.94. The van der Waals surface area contributed by atoms with Crippen LogP contribution >= 0.6 is 0 Å². The number of hydrogen-bond donors (Lipinski definition) is 2. The molecule has 47 heavy (non-hydrogen) atoms. The second kappa shape index (κ2) is 13.2. The number of pyridine rings is 1. The van der Waals surface area contributed by atoms with Gasteiger partial charge in [-0.1, -0.05) is 0 Å². The summed E-state index contributed by atoms with van der Waals surface area (Å²) in [4.78, 5) is 31.3. The van der Waals surface area contributed by atoms with Gasteiger partial charge in [-0.15, -0.1) is 0 Å². The Morgan fingerprint density at radius 2 is 1.85 bits per heavy atom. The molecule has 1 fully saturated rings. The minimum absolute atomic E-state index is 0.117. The lowest BCUT2D eigenvalue weighted by Gasteiger charge is -2.42. The summed E-state index contributed by atoms with van der Waals surface area (Å²) in [6.07, 6.45) is 2.66. The molecule has 244 valence electrons. The third kappa shape index (κ3) is 7.09. The van der Waals surface area contributed by atoms with Crippen LogP contribution in [0.25, 0.3) is 22.4 Å². The average Bonchev–Trinajstić information content (AvgIpc) is 3.45. The molecule has 11 nitrogen and oxygen atoms in total. The molecule has 0 bridgehead atoms. The molecule has 4 N–H and O–H groups in total. The molecule has 1 aliphatic rings. The lowest BCUT2D eigenvalue weighted by Crippen LogP contribution is -2.55. The molecule has 1 aliphatic heterocycles. The van der Waals surface area contributed by atoms with Crippen molar-refractivity contribution >= 4 is 28.6 Å². The molecular formula is C32H30F4N8O3. The molecular weight excluding hydrogens is 620 g/mol. The van der Waals surface area contributed by atoms with Crippen LogP contribution in [0.2, 0.25) is 0 Å². The quantitative estimate of drug-likeness (QED) is 0.121. The van der Waals surface area contributed by atoms with Crippen molar-refractivity contribution in [1.82, 2.24) is 24.5 Å². The van der Waals surface area contributed by atoms with E-state index < -0.39 is 42.8 Å². The number of piperidine rings is 1. The van der Waals surface area contributed by atoms with Gasteiger partial charge >= 0.3 is 5.97 Å². The maximum atomic E-state index is 15.1. The first-order valence-electron chi connectivity index (χ1n) is 14.7. The first-order valence-corrected chi connectivity index (χ1v) is 14.7. The number of nitrogens with two attached hydrogens (primary N) is 2. The maximum absolute atomic E-state index is 15.1. The zero-order chi connectivity index (χ0) is 33.1. The standard InChI is InChI=1S/C32H30F4N8O3/c33-22-5-2-19(3-6-22)31(45)47-18-46-26-7-4-20(10-23(26)34)24-11-21(14-44-17-42-28-29(37)40-16-41-30(28)44)25(13-39-24)43-9-1-8-32(38,15-43)12-27(35)36/h2-7,10-11,13,16-17,27H,1,8-9,12,14-15,18,38H2,(H2,37,40,41)/t32-/m0/s1. The van der Waals surface area contributed by atoms with Gasteiger partial charge in [-0.2, -0.15) is 0 Å². The fourth-order valence-electron chi connectivity index (χ4n) is 5.69. The number of fused-ring (bicyclic) bond motifs is 1. The van der Waals surface area contributed by atoms with E-state index in [2.05, 4.69) is 19.9 Å². The SMILES string of the molecule is Nc1ncnc2c1ncn2Cc1cc(-c2ccc(OCOC(=O)c3ccc(F)cc3)c(F)c2)ncc1N1CCC[C@](N)(CC(F)F)C1. The van der Waals surface area contributed by atoms with Crippen molar-refractivity contribution in [3.8, 4) is 17.0 Å². The van der Waals surface area contributed by atoms with Crippen molar-refractivity contribution in [3.05, 3.63) is 90.1 Å². The number of nitrogen functional groups attached to an aromatic ring is 1. The van der Waals surface area contributed by atoms with Crippen molar-refractivity contribution in [2.24, 2.45) is 5.73 Å².